The number of benzene rings is 2. The molecular weight excluding hydrogens is 362 g/mol. The lowest BCUT2D eigenvalue weighted by Crippen LogP contribution is -2.29. The molecule has 0 radical (unpaired) electrons. The van der Waals surface area contributed by atoms with Gasteiger partial charge in [-0.3, -0.25) is 5.10 Å². The second-order valence-corrected chi connectivity index (χ2v) is 7.47. The van der Waals surface area contributed by atoms with Crippen molar-refractivity contribution in [2.24, 2.45) is 0 Å². The predicted molar refractivity (Wildman–Crippen MR) is 108 cm³/mol. The number of halogens is 1. The number of hydrogen-bond acceptors (Lipinski definition) is 4. The van der Waals surface area contributed by atoms with Crippen LogP contribution in [0.1, 0.15) is 13.3 Å². The van der Waals surface area contributed by atoms with Crippen molar-refractivity contribution in [1.82, 2.24) is 20.2 Å². The van der Waals surface area contributed by atoms with Gasteiger partial charge >= 0.3 is 0 Å². The zero-order chi connectivity index (χ0) is 18.4. The number of anilines is 1. The van der Waals surface area contributed by atoms with Gasteiger partial charge in [-0.2, -0.15) is 5.10 Å². The Bertz CT molecular complexity index is 1120. The third-order valence-corrected chi connectivity index (χ3v) is 5.27. The fourth-order valence-corrected chi connectivity index (χ4v) is 3.87. The molecule has 0 spiro atoms. The van der Waals surface area contributed by atoms with E-state index in [0.29, 0.717) is 5.02 Å². The Morgan fingerprint density at radius 3 is 3.04 bits per heavy atom. The van der Waals surface area contributed by atoms with Crippen molar-refractivity contribution in [1.29, 1.82) is 0 Å². The van der Waals surface area contributed by atoms with Gasteiger partial charge in [-0.25, -0.2) is 4.98 Å². The van der Waals surface area contributed by atoms with Crippen LogP contribution in [0.15, 0.2) is 36.4 Å². The van der Waals surface area contributed by atoms with E-state index in [1.807, 2.05) is 18.2 Å². The van der Waals surface area contributed by atoms with Gasteiger partial charge in [0.25, 0.3) is 0 Å². The van der Waals surface area contributed by atoms with Crippen molar-refractivity contribution in [2.75, 3.05) is 24.6 Å². The van der Waals surface area contributed by atoms with E-state index in [2.05, 4.69) is 45.2 Å². The summed E-state index contributed by atoms with van der Waals surface area (Å²) < 4.78 is 5.76. The Morgan fingerprint density at radius 2 is 2.11 bits per heavy atom. The van der Waals surface area contributed by atoms with Crippen molar-refractivity contribution in [3.05, 3.63) is 41.4 Å². The smallest absolute Gasteiger partial charge is 0.159 e. The van der Waals surface area contributed by atoms with Gasteiger partial charge in [-0.1, -0.05) is 11.6 Å². The number of hydrogen-bond donors (Lipinski definition) is 2. The van der Waals surface area contributed by atoms with Crippen molar-refractivity contribution < 1.29 is 4.74 Å². The van der Waals surface area contributed by atoms with Crippen molar-refractivity contribution in [3.8, 4) is 11.5 Å². The van der Waals surface area contributed by atoms with Crippen LogP contribution in [0.2, 0.25) is 5.02 Å². The molecule has 2 aromatic heterocycles. The topological polar surface area (TPSA) is 69.8 Å². The first kappa shape index (κ1) is 16.6. The van der Waals surface area contributed by atoms with Gasteiger partial charge in [0.05, 0.1) is 22.7 Å². The molecule has 6 nitrogen and oxygen atoms in total. The second kappa shape index (κ2) is 6.55. The van der Waals surface area contributed by atoms with Gasteiger partial charge in [-0.05, 0) is 49.7 Å². The molecule has 2 N–H and O–H groups in total. The Labute approximate surface area is 161 Å². The number of H-pyrrole nitrogens is 2. The van der Waals surface area contributed by atoms with Crippen LogP contribution in [0.25, 0.3) is 33.5 Å². The Hall–Kier alpha value is -2.57. The lowest BCUT2D eigenvalue weighted by molar-refractivity contribution is 0.0821. The van der Waals surface area contributed by atoms with Gasteiger partial charge < -0.3 is 14.6 Å². The molecule has 7 heteroatoms. The SMILES string of the molecule is CC1CN(c2ccc3nc(-c4n[nH]c5ccc(Cl)cc45)[nH]c3c2)CCCO1. The summed E-state index contributed by atoms with van der Waals surface area (Å²) in [6.07, 6.45) is 1.28. The van der Waals surface area contributed by atoms with E-state index < -0.39 is 0 Å². The Balaban J connectivity index is 1.54. The molecule has 0 aliphatic carbocycles. The van der Waals surface area contributed by atoms with Crippen LogP contribution >= 0.6 is 11.6 Å². The van der Waals surface area contributed by atoms with Crippen LogP contribution in [-0.2, 0) is 4.74 Å². The highest BCUT2D eigenvalue weighted by Gasteiger charge is 2.17. The molecule has 1 fully saturated rings. The van der Waals surface area contributed by atoms with Gasteiger partial charge in [0.15, 0.2) is 5.82 Å². The molecule has 4 aromatic rings. The maximum atomic E-state index is 6.16. The average molecular weight is 382 g/mol. The zero-order valence-electron chi connectivity index (χ0n) is 15.0. The molecule has 2 aromatic carbocycles. The standard InChI is InChI=1S/C20H20ClN5O/c1-12-11-26(7-2-8-27-12)14-4-6-17-18(10-14)23-20(22-17)19-15-9-13(21)3-5-16(15)24-25-19/h3-6,9-10,12H,2,7-8,11H2,1H3,(H,22,23)(H,24,25). The third kappa shape index (κ3) is 3.05. The molecule has 138 valence electrons. The highest BCUT2D eigenvalue weighted by Crippen LogP contribution is 2.29. The number of nitrogens with one attached hydrogen (secondary N) is 2. The quantitative estimate of drug-likeness (QED) is 0.540. The number of ether oxygens (including phenoxy) is 1. The summed E-state index contributed by atoms with van der Waals surface area (Å²) in [6.45, 7) is 4.84. The third-order valence-electron chi connectivity index (χ3n) is 5.03. The largest absolute Gasteiger partial charge is 0.377 e. The van der Waals surface area contributed by atoms with Gasteiger partial charge in [0.2, 0.25) is 0 Å². The molecule has 0 saturated carbocycles. The number of fused-ring (bicyclic) bond motifs is 2. The first-order chi connectivity index (χ1) is 13.2. The van der Waals surface area contributed by atoms with E-state index in [0.717, 1.165) is 59.6 Å². The van der Waals surface area contributed by atoms with Crippen LogP contribution in [0.4, 0.5) is 5.69 Å². The maximum Gasteiger partial charge on any atom is 0.159 e. The van der Waals surface area contributed by atoms with Crippen LogP contribution in [-0.4, -0.2) is 46.0 Å². The predicted octanol–water partition coefficient (Wildman–Crippen LogP) is 4.37. The summed E-state index contributed by atoms with van der Waals surface area (Å²) in [5.74, 6) is 0.739. The summed E-state index contributed by atoms with van der Waals surface area (Å²) in [4.78, 5) is 10.5. The van der Waals surface area contributed by atoms with E-state index in [4.69, 9.17) is 21.3 Å². The first-order valence-electron chi connectivity index (χ1n) is 9.18. The molecule has 1 aliphatic rings. The molecule has 1 aliphatic heterocycles. The molecule has 1 saturated heterocycles. The van der Waals surface area contributed by atoms with Crippen LogP contribution in [0.5, 0.6) is 0 Å². The highest BCUT2D eigenvalue weighted by atomic mass is 35.5. The molecule has 27 heavy (non-hydrogen) atoms. The van der Waals surface area contributed by atoms with E-state index >= 15 is 0 Å². The van der Waals surface area contributed by atoms with E-state index in [9.17, 15) is 0 Å². The molecule has 5 rings (SSSR count). The summed E-state index contributed by atoms with van der Waals surface area (Å²) in [7, 11) is 0. The zero-order valence-corrected chi connectivity index (χ0v) is 15.8. The first-order valence-corrected chi connectivity index (χ1v) is 9.55. The molecule has 1 unspecified atom stereocenters. The van der Waals surface area contributed by atoms with Gasteiger partial charge in [0.1, 0.15) is 5.69 Å². The number of aromatic nitrogens is 4. The Morgan fingerprint density at radius 1 is 1.19 bits per heavy atom. The molecule has 0 bridgehead atoms. The van der Waals surface area contributed by atoms with Crippen LogP contribution in [0, 0.1) is 0 Å². The maximum absolute atomic E-state index is 6.16. The average Bonchev–Trinajstić information content (AvgIpc) is 3.20. The fraction of sp³-hybridized carbons (Fsp3) is 0.300. The van der Waals surface area contributed by atoms with Gasteiger partial charge in [-0.15, -0.1) is 0 Å². The molecule has 0 amide bonds. The molecular formula is C20H20ClN5O. The van der Waals surface area contributed by atoms with Crippen LogP contribution in [0.3, 0.4) is 0 Å². The second-order valence-electron chi connectivity index (χ2n) is 7.03. The number of imidazole rings is 1. The minimum Gasteiger partial charge on any atom is -0.377 e. The number of aromatic amines is 2. The Kier molecular flexibility index (Phi) is 4.02. The normalized spacial score (nSPS) is 18.3. The van der Waals surface area contributed by atoms with Crippen LogP contribution < -0.4 is 4.90 Å². The highest BCUT2D eigenvalue weighted by molar-refractivity contribution is 6.31. The molecule has 1 atom stereocenters. The summed E-state index contributed by atoms with van der Waals surface area (Å²) in [5.41, 5.74) is 4.82. The number of rotatable bonds is 2. The van der Waals surface area contributed by atoms with E-state index in [1.54, 1.807) is 0 Å². The van der Waals surface area contributed by atoms with Gasteiger partial charge in [0, 0.05) is 35.8 Å². The lowest BCUT2D eigenvalue weighted by atomic mass is 10.2. The summed E-state index contributed by atoms with van der Waals surface area (Å²) >= 11 is 6.16. The minimum atomic E-state index is 0.237. The lowest BCUT2D eigenvalue weighted by Gasteiger charge is -2.24. The van der Waals surface area contributed by atoms with E-state index in [1.165, 1.54) is 5.69 Å². The number of nitrogens with zero attached hydrogens (tertiary/aromatic N) is 3. The van der Waals surface area contributed by atoms with Crippen molar-refractivity contribution >= 4 is 39.2 Å². The van der Waals surface area contributed by atoms with E-state index in [-0.39, 0.29) is 6.10 Å². The molecule has 3 heterocycles. The van der Waals surface area contributed by atoms with Crippen molar-refractivity contribution in [3.63, 3.8) is 0 Å². The minimum absolute atomic E-state index is 0.237. The van der Waals surface area contributed by atoms with Crippen molar-refractivity contribution in [2.45, 2.75) is 19.4 Å². The summed E-state index contributed by atoms with van der Waals surface area (Å²) in [6, 6.07) is 12.0. The monoisotopic (exact) mass is 381 g/mol. The summed E-state index contributed by atoms with van der Waals surface area (Å²) in [5, 5.41) is 9.11. The fourth-order valence-electron chi connectivity index (χ4n) is 3.70.